The number of hydrogen-bond acceptors (Lipinski definition) is 3. The first-order chi connectivity index (χ1) is 5.29. The molecule has 12 heavy (non-hydrogen) atoms. The lowest BCUT2D eigenvalue weighted by Crippen LogP contribution is -3.00. The Morgan fingerprint density at radius 3 is 1.83 bits per heavy atom. The average molecular weight is 198 g/mol. The van der Waals surface area contributed by atoms with Crippen molar-refractivity contribution in [2.45, 2.75) is 6.10 Å². The largest absolute Gasteiger partial charge is 1.00 e. The fraction of sp³-hybridized carbons (Fsp3) is 1.00. The summed E-state index contributed by atoms with van der Waals surface area (Å²) in [6.07, 6.45) is -0.532. The zero-order valence-corrected chi connectivity index (χ0v) is 7.61. The summed E-state index contributed by atoms with van der Waals surface area (Å²) in [5.41, 5.74) is 0. The standard InChI is InChI=1S/C7H15NO3.ClH/c9-3-5-1-8-2-6(4-10)7(5)11;/h5-11H,1-4H2;1H/t5-,6-;/m1./s1. The van der Waals surface area contributed by atoms with Gasteiger partial charge in [-0.2, -0.15) is 0 Å². The van der Waals surface area contributed by atoms with Crippen molar-refractivity contribution in [3.05, 3.63) is 0 Å². The molecule has 0 amide bonds. The maximum Gasteiger partial charge on any atom is 0.0831 e. The highest BCUT2D eigenvalue weighted by Gasteiger charge is 2.33. The molecule has 0 bridgehead atoms. The second kappa shape index (κ2) is 5.72. The van der Waals surface area contributed by atoms with Gasteiger partial charge in [0.2, 0.25) is 0 Å². The van der Waals surface area contributed by atoms with Crippen molar-refractivity contribution >= 4 is 0 Å². The predicted octanol–water partition coefficient (Wildman–Crippen LogP) is -5.85. The van der Waals surface area contributed by atoms with Gasteiger partial charge in [0.25, 0.3) is 0 Å². The van der Waals surface area contributed by atoms with Gasteiger partial charge in [0.15, 0.2) is 0 Å². The van der Waals surface area contributed by atoms with Crippen LogP contribution in [0.25, 0.3) is 0 Å². The van der Waals surface area contributed by atoms with E-state index in [9.17, 15) is 5.11 Å². The van der Waals surface area contributed by atoms with Gasteiger partial charge in [-0.1, -0.05) is 0 Å². The van der Waals surface area contributed by atoms with E-state index in [2.05, 4.69) is 0 Å². The van der Waals surface area contributed by atoms with E-state index in [1.165, 1.54) is 0 Å². The summed E-state index contributed by atoms with van der Waals surface area (Å²) in [4.78, 5) is 0. The van der Waals surface area contributed by atoms with E-state index in [0.29, 0.717) is 0 Å². The number of hydrogen-bond donors (Lipinski definition) is 4. The fourth-order valence-corrected chi connectivity index (χ4v) is 1.55. The van der Waals surface area contributed by atoms with Gasteiger partial charge >= 0.3 is 0 Å². The highest BCUT2D eigenvalue weighted by atomic mass is 35.5. The average Bonchev–Trinajstić information content (AvgIpc) is 2.05. The molecule has 0 unspecified atom stereocenters. The van der Waals surface area contributed by atoms with Crippen LogP contribution in [0, 0.1) is 11.8 Å². The molecule has 0 radical (unpaired) electrons. The maximum atomic E-state index is 9.49. The molecule has 0 aromatic carbocycles. The van der Waals surface area contributed by atoms with Gasteiger partial charge in [-0.3, -0.25) is 0 Å². The molecule has 0 aliphatic carbocycles. The van der Waals surface area contributed by atoms with Gasteiger partial charge in [-0.25, -0.2) is 0 Å². The molecule has 1 aliphatic heterocycles. The number of rotatable bonds is 2. The Hall–Kier alpha value is 0.130. The molecule has 0 aromatic heterocycles. The minimum atomic E-state index is -0.532. The van der Waals surface area contributed by atoms with Crippen molar-refractivity contribution in [1.82, 2.24) is 0 Å². The van der Waals surface area contributed by atoms with Gasteiger partial charge in [0.05, 0.1) is 44.2 Å². The molecule has 1 saturated heterocycles. The van der Waals surface area contributed by atoms with Gasteiger partial charge in [-0.05, 0) is 0 Å². The van der Waals surface area contributed by atoms with E-state index in [4.69, 9.17) is 10.2 Å². The molecule has 0 saturated carbocycles. The molecule has 5 heteroatoms. The Kier molecular flexibility index (Phi) is 5.78. The SMILES string of the molecule is OC[C@H]1C[NH2+]C[C@H](CO)C1O.[Cl-]. The Morgan fingerprint density at radius 2 is 1.50 bits per heavy atom. The van der Waals surface area contributed by atoms with E-state index < -0.39 is 6.10 Å². The van der Waals surface area contributed by atoms with Crippen molar-refractivity contribution in [1.29, 1.82) is 0 Å². The fourth-order valence-electron chi connectivity index (χ4n) is 1.55. The molecule has 4 nitrogen and oxygen atoms in total. The molecule has 1 rings (SSSR count). The minimum absolute atomic E-state index is 0. The van der Waals surface area contributed by atoms with E-state index in [-0.39, 0.29) is 37.5 Å². The second-order valence-electron chi connectivity index (χ2n) is 3.14. The zero-order valence-electron chi connectivity index (χ0n) is 6.86. The molecular weight excluding hydrogens is 182 g/mol. The third-order valence-corrected chi connectivity index (χ3v) is 2.37. The zero-order chi connectivity index (χ0) is 8.27. The van der Waals surface area contributed by atoms with Gasteiger partial charge in [0.1, 0.15) is 0 Å². The van der Waals surface area contributed by atoms with E-state index in [0.717, 1.165) is 13.1 Å². The van der Waals surface area contributed by atoms with E-state index >= 15 is 0 Å². The van der Waals surface area contributed by atoms with Gasteiger partial charge in [-0.15, -0.1) is 0 Å². The molecule has 0 spiro atoms. The van der Waals surface area contributed by atoms with Crippen LogP contribution < -0.4 is 17.7 Å². The van der Waals surface area contributed by atoms with Crippen LogP contribution in [-0.2, 0) is 0 Å². The quantitative estimate of drug-likeness (QED) is 0.356. The molecule has 5 N–H and O–H groups in total. The molecule has 1 fully saturated rings. The Balaban J connectivity index is 0.00000121. The van der Waals surface area contributed by atoms with Crippen LogP contribution in [0.1, 0.15) is 0 Å². The summed E-state index contributed by atoms with van der Waals surface area (Å²) in [7, 11) is 0. The number of nitrogens with two attached hydrogens (primary N) is 1. The predicted molar refractivity (Wildman–Crippen MR) is 38.8 cm³/mol. The summed E-state index contributed by atoms with van der Waals surface area (Å²) in [6.45, 7) is 1.53. The molecule has 0 aromatic rings. The molecule has 74 valence electrons. The van der Waals surface area contributed by atoms with Crippen LogP contribution in [0.2, 0.25) is 0 Å². The number of quaternary nitrogens is 1. The Bertz CT molecular complexity index is 113. The number of piperidine rings is 1. The molecule has 2 atom stereocenters. The topological polar surface area (TPSA) is 77.3 Å². The molecular formula is C7H16ClNO3. The lowest BCUT2D eigenvalue weighted by atomic mass is 9.88. The maximum absolute atomic E-state index is 9.49. The first-order valence-corrected chi connectivity index (χ1v) is 4.01. The van der Waals surface area contributed by atoms with Crippen LogP contribution in [0.4, 0.5) is 0 Å². The first kappa shape index (κ1) is 12.1. The van der Waals surface area contributed by atoms with Crippen molar-refractivity contribution in [3.8, 4) is 0 Å². The Morgan fingerprint density at radius 1 is 1.08 bits per heavy atom. The van der Waals surface area contributed by atoms with Crippen LogP contribution >= 0.6 is 0 Å². The normalized spacial score (nSPS) is 31.2. The monoisotopic (exact) mass is 197 g/mol. The van der Waals surface area contributed by atoms with Gasteiger partial charge in [0, 0.05) is 0 Å². The highest BCUT2D eigenvalue weighted by Crippen LogP contribution is 2.12. The number of aliphatic hydroxyl groups excluding tert-OH is 3. The van der Waals surface area contributed by atoms with Crippen molar-refractivity contribution < 1.29 is 33.0 Å². The third kappa shape index (κ3) is 2.57. The minimum Gasteiger partial charge on any atom is -1.00 e. The lowest BCUT2D eigenvalue weighted by Gasteiger charge is -2.30. The summed E-state index contributed by atoms with van der Waals surface area (Å²) in [6, 6.07) is 0. The van der Waals surface area contributed by atoms with Crippen LogP contribution in [0.3, 0.4) is 0 Å². The second-order valence-corrected chi connectivity index (χ2v) is 3.14. The molecule has 1 aliphatic rings. The number of halogens is 1. The highest BCUT2D eigenvalue weighted by molar-refractivity contribution is 4.77. The molecule has 1 heterocycles. The number of aliphatic hydroxyl groups is 3. The summed E-state index contributed by atoms with van der Waals surface area (Å²) in [5.74, 6) is -0.137. The summed E-state index contributed by atoms with van der Waals surface area (Å²) >= 11 is 0. The lowest BCUT2D eigenvalue weighted by molar-refractivity contribution is -0.680. The van der Waals surface area contributed by atoms with E-state index in [1.807, 2.05) is 5.32 Å². The van der Waals surface area contributed by atoms with Crippen molar-refractivity contribution in [2.24, 2.45) is 11.8 Å². The summed E-state index contributed by atoms with van der Waals surface area (Å²) < 4.78 is 0. The first-order valence-electron chi connectivity index (χ1n) is 4.01. The third-order valence-electron chi connectivity index (χ3n) is 2.37. The van der Waals surface area contributed by atoms with Crippen molar-refractivity contribution in [3.63, 3.8) is 0 Å². The van der Waals surface area contributed by atoms with Crippen LogP contribution in [0.5, 0.6) is 0 Å². The van der Waals surface area contributed by atoms with Gasteiger partial charge < -0.3 is 33.0 Å². The smallest absolute Gasteiger partial charge is 0.0831 e. The van der Waals surface area contributed by atoms with Crippen molar-refractivity contribution in [2.75, 3.05) is 26.3 Å². The van der Waals surface area contributed by atoms with Crippen LogP contribution in [-0.4, -0.2) is 47.7 Å². The van der Waals surface area contributed by atoms with Crippen LogP contribution in [0.15, 0.2) is 0 Å². The van der Waals surface area contributed by atoms with E-state index in [1.54, 1.807) is 0 Å². The summed E-state index contributed by atoms with van der Waals surface area (Å²) in [5, 5.41) is 29.1. The Labute approximate surface area is 78.0 Å².